The maximum absolute atomic E-state index is 5.06. The standard InChI is InChI=1S/C14H23N3O/c1-10-6-13(17-18-10)9-15-8-12-7-11-4-2-3-5-14(11)16-12/h6,11-12,14-16H,2-5,7-9H2,1H3. The van der Waals surface area contributed by atoms with Gasteiger partial charge in [0.15, 0.2) is 0 Å². The first kappa shape index (κ1) is 12.2. The molecule has 3 atom stereocenters. The van der Waals surface area contributed by atoms with Crippen LogP contribution in [-0.2, 0) is 6.54 Å². The molecule has 0 aromatic carbocycles. The van der Waals surface area contributed by atoms with Crippen molar-refractivity contribution >= 4 is 0 Å². The van der Waals surface area contributed by atoms with E-state index in [1.54, 1.807) is 0 Å². The summed E-state index contributed by atoms with van der Waals surface area (Å²) in [4.78, 5) is 0. The summed E-state index contributed by atoms with van der Waals surface area (Å²) in [5.74, 6) is 1.82. The summed E-state index contributed by atoms with van der Waals surface area (Å²) in [7, 11) is 0. The molecule has 0 amide bonds. The Morgan fingerprint density at radius 3 is 3.11 bits per heavy atom. The molecular weight excluding hydrogens is 226 g/mol. The number of aryl methyl sites for hydroxylation is 1. The van der Waals surface area contributed by atoms with Gasteiger partial charge in [0, 0.05) is 31.2 Å². The summed E-state index contributed by atoms with van der Waals surface area (Å²) in [6.45, 7) is 3.78. The van der Waals surface area contributed by atoms with E-state index in [0.717, 1.165) is 36.5 Å². The largest absolute Gasteiger partial charge is 0.361 e. The van der Waals surface area contributed by atoms with Crippen molar-refractivity contribution in [1.82, 2.24) is 15.8 Å². The van der Waals surface area contributed by atoms with E-state index < -0.39 is 0 Å². The van der Waals surface area contributed by atoms with Gasteiger partial charge in [0.1, 0.15) is 5.76 Å². The predicted octanol–water partition coefficient (Wildman–Crippen LogP) is 1.99. The average Bonchev–Trinajstić information content (AvgIpc) is 2.95. The molecule has 1 aliphatic carbocycles. The highest BCUT2D eigenvalue weighted by molar-refractivity contribution is 5.03. The highest BCUT2D eigenvalue weighted by Gasteiger charge is 2.34. The number of aromatic nitrogens is 1. The molecule has 2 aliphatic rings. The van der Waals surface area contributed by atoms with E-state index >= 15 is 0 Å². The van der Waals surface area contributed by atoms with Gasteiger partial charge in [-0.2, -0.15) is 0 Å². The lowest BCUT2D eigenvalue weighted by Crippen LogP contribution is -2.38. The van der Waals surface area contributed by atoms with E-state index in [-0.39, 0.29) is 0 Å². The summed E-state index contributed by atoms with van der Waals surface area (Å²) >= 11 is 0. The molecule has 0 radical (unpaired) electrons. The molecule has 1 aromatic rings. The normalized spacial score (nSPS) is 31.5. The zero-order valence-corrected chi connectivity index (χ0v) is 11.1. The van der Waals surface area contributed by atoms with Crippen LogP contribution in [0.15, 0.2) is 10.6 Å². The molecule has 3 rings (SSSR count). The van der Waals surface area contributed by atoms with Crippen LogP contribution >= 0.6 is 0 Å². The van der Waals surface area contributed by atoms with Gasteiger partial charge in [0.25, 0.3) is 0 Å². The zero-order chi connectivity index (χ0) is 12.4. The van der Waals surface area contributed by atoms with E-state index in [1.807, 2.05) is 13.0 Å². The molecule has 2 fully saturated rings. The Kier molecular flexibility index (Phi) is 3.66. The number of rotatable bonds is 4. The van der Waals surface area contributed by atoms with Crippen molar-refractivity contribution in [3.8, 4) is 0 Å². The quantitative estimate of drug-likeness (QED) is 0.857. The van der Waals surface area contributed by atoms with Crippen LogP contribution in [0.25, 0.3) is 0 Å². The van der Waals surface area contributed by atoms with Crippen LogP contribution in [0.4, 0.5) is 0 Å². The van der Waals surface area contributed by atoms with Crippen molar-refractivity contribution in [3.63, 3.8) is 0 Å². The number of hydrogen-bond donors (Lipinski definition) is 2. The van der Waals surface area contributed by atoms with Crippen molar-refractivity contribution in [2.45, 2.75) is 57.7 Å². The Balaban J connectivity index is 1.41. The van der Waals surface area contributed by atoms with Crippen molar-refractivity contribution < 1.29 is 4.52 Å². The lowest BCUT2D eigenvalue weighted by atomic mass is 9.85. The predicted molar refractivity (Wildman–Crippen MR) is 70.2 cm³/mol. The van der Waals surface area contributed by atoms with Crippen LogP contribution in [-0.4, -0.2) is 23.8 Å². The fourth-order valence-electron chi connectivity index (χ4n) is 3.46. The topological polar surface area (TPSA) is 50.1 Å². The molecule has 1 saturated heterocycles. The first-order valence-electron chi connectivity index (χ1n) is 7.20. The van der Waals surface area contributed by atoms with Crippen molar-refractivity contribution in [2.75, 3.05) is 6.54 Å². The van der Waals surface area contributed by atoms with E-state index in [0.29, 0.717) is 6.04 Å². The molecule has 1 saturated carbocycles. The van der Waals surface area contributed by atoms with Crippen LogP contribution in [0.3, 0.4) is 0 Å². The fraction of sp³-hybridized carbons (Fsp3) is 0.786. The molecule has 0 bridgehead atoms. The minimum atomic E-state index is 0.645. The highest BCUT2D eigenvalue weighted by Crippen LogP contribution is 2.32. The molecule has 4 heteroatoms. The molecule has 0 spiro atoms. The molecule has 18 heavy (non-hydrogen) atoms. The van der Waals surface area contributed by atoms with Gasteiger partial charge in [0.2, 0.25) is 0 Å². The summed E-state index contributed by atoms with van der Waals surface area (Å²) < 4.78 is 5.06. The Hall–Kier alpha value is -0.870. The molecule has 2 heterocycles. The second kappa shape index (κ2) is 5.41. The van der Waals surface area contributed by atoms with E-state index in [4.69, 9.17) is 4.52 Å². The van der Waals surface area contributed by atoms with Gasteiger partial charge in [-0.1, -0.05) is 18.0 Å². The second-order valence-corrected chi connectivity index (χ2v) is 5.81. The molecular formula is C14H23N3O. The van der Waals surface area contributed by atoms with Gasteiger partial charge < -0.3 is 15.2 Å². The van der Waals surface area contributed by atoms with Crippen LogP contribution < -0.4 is 10.6 Å². The number of fused-ring (bicyclic) bond motifs is 1. The molecule has 3 unspecified atom stereocenters. The van der Waals surface area contributed by atoms with E-state index in [9.17, 15) is 0 Å². The molecule has 4 nitrogen and oxygen atoms in total. The van der Waals surface area contributed by atoms with E-state index in [2.05, 4.69) is 15.8 Å². The molecule has 100 valence electrons. The SMILES string of the molecule is Cc1cc(CNCC2CC3CCCCC3N2)no1. The van der Waals surface area contributed by atoms with Crippen molar-refractivity contribution in [2.24, 2.45) is 5.92 Å². The maximum atomic E-state index is 5.06. The average molecular weight is 249 g/mol. The lowest BCUT2D eigenvalue weighted by molar-refractivity contribution is 0.325. The Bertz CT molecular complexity index is 376. The monoisotopic (exact) mass is 249 g/mol. The first-order chi connectivity index (χ1) is 8.81. The summed E-state index contributed by atoms with van der Waals surface area (Å²) in [5, 5.41) is 11.3. The number of nitrogens with zero attached hydrogens (tertiary/aromatic N) is 1. The Labute approximate surface area is 108 Å². The van der Waals surface area contributed by atoms with Gasteiger partial charge in [-0.15, -0.1) is 0 Å². The maximum Gasteiger partial charge on any atom is 0.133 e. The van der Waals surface area contributed by atoms with Gasteiger partial charge in [-0.05, 0) is 32.1 Å². The lowest BCUT2D eigenvalue weighted by Gasteiger charge is -2.24. The summed E-state index contributed by atoms with van der Waals surface area (Å²) in [5.41, 5.74) is 1.00. The van der Waals surface area contributed by atoms with Crippen LogP contribution in [0.2, 0.25) is 0 Å². The van der Waals surface area contributed by atoms with E-state index in [1.165, 1.54) is 32.1 Å². The Morgan fingerprint density at radius 1 is 1.44 bits per heavy atom. The first-order valence-corrected chi connectivity index (χ1v) is 7.20. The third kappa shape index (κ3) is 2.75. The molecule has 1 aliphatic heterocycles. The van der Waals surface area contributed by atoms with Crippen LogP contribution in [0.1, 0.15) is 43.6 Å². The zero-order valence-electron chi connectivity index (χ0n) is 11.1. The highest BCUT2D eigenvalue weighted by atomic mass is 16.5. The van der Waals surface area contributed by atoms with Crippen molar-refractivity contribution in [3.05, 3.63) is 17.5 Å². The Morgan fingerprint density at radius 2 is 2.33 bits per heavy atom. The minimum absolute atomic E-state index is 0.645. The second-order valence-electron chi connectivity index (χ2n) is 5.81. The number of hydrogen-bond acceptors (Lipinski definition) is 4. The third-order valence-electron chi connectivity index (χ3n) is 4.32. The molecule has 2 N–H and O–H groups in total. The van der Waals surface area contributed by atoms with Crippen LogP contribution in [0, 0.1) is 12.8 Å². The fourth-order valence-corrected chi connectivity index (χ4v) is 3.46. The smallest absolute Gasteiger partial charge is 0.133 e. The van der Waals surface area contributed by atoms with Gasteiger partial charge in [-0.3, -0.25) is 0 Å². The number of nitrogens with one attached hydrogen (secondary N) is 2. The van der Waals surface area contributed by atoms with Gasteiger partial charge in [0.05, 0.1) is 5.69 Å². The van der Waals surface area contributed by atoms with Gasteiger partial charge >= 0.3 is 0 Å². The minimum Gasteiger partial charge on any atom is -0.361 e. The van der Waals surface area contributed by atoms with Gasteiger partial charge in [-0.25, -0.2) is 0 Å². The van der Waals surface area contributed by atoms with Crippen molar-refractivity contribution in [1.29, 1.82) is 0 Å². The van der Waals surface area contributed by atoms with Crippen LogP contribution in [0.5, 0.6) is 0 Å². The molecule has 1 aromatic heterocycles. The third-order valence-corrected chi connectivity index (χ3v) is 4.32. The summed E-state index contributed by atoms with van der Waals surface area (Å²) in [6.07, 6.45) is 6.99. The summed E-state index contributed by atoms with van der Waals surface area (Å²) in [6, 6.07) is 3.43.